The number of methoxy groups -OCH3 is 1. The van der Waals surface area contributed by atoms with Gasteiger partial charge in [0.15, 0.2) is 0 Å². The normalized spacial score (nSPS) is 14.7. The summed E-state index contributed by atoms with van der Waals surface area (Å²) in [7, 11) is 1.67. The Bertz CT molecular complexity index is 1290. The highest BCUT2D eigenvalue weighted by molar-refractivity contribution is 5.93. The monoisotopic (exact) mass is 450 g/mol. The number of ether oxygens (including phenoxy) is 1. The van der Waals surface area contributed by atoms with Gasteiger partial charge < -0.3 is 10.1 Å². The van der Waals surface area contributed by atoms with Gasteiger partial charge in [0, 0.05) is 18.2 Å². The lowest BCUT2D eigenvalue weighted by atomic mass is 9.95. The number of benzene rings is 4. The third kappa shape index (κ3) is 5.13. The molecule has 1 aliphatic heterocycles. The van der Waals surface area contributed by atoms with E-state index in [1.54, 1.807) is 7.11 Å². The average Bonchev–Trinajstić information content (AvgIpc) is 2.89. The number of carbonyl (C=O) groups excluding carboxylic acids is 1. The van der Waals surface area contributed by atoms with E-state index >= 15 is 0 Å². The standard InChI is InChI=1S/C30H30N2O2/c1-34-29-11-5-9-27(20-29)26-8-4-10-28(19-26)31-30(33)24-14-16-32(17-15-24)21-22-12-13-23-6-2-3-7-25(23)18-22/h2-13,18-20,24H,14-17,21H2,1H3,(H,31,33). The predicted molar refractivity (Wildman–Crippen MR) is 139 cm³/mol. The molecule has 1 aliphatic rings. The minimum Gasteiger partial charge on any atom is -0.497 e. The van der Waals surface area contributed by atoms with E-state index in [-0.39, 0.29) is 11.8 Å². The van der Waals surface area contributed by atoms with Crippen molar-refractivity contribution in [1.82, 2.24) is 4.90 Å². The number of piperidine rings is 1. The molecule has 0 aromatic heterocycles. The number of amides is 1. The smallest absolute Gasteiger partial charge is 0.227 e. The molecule has 4 aromatic carbocycles. The van der Waals surface area contributed by atoms with Crippen LogP contribution in [0.25, 0.3) is 21.9 Å². The SMILES string of the molecule is COc1cccc(-c2cccc(NC(=O)C3CCN(Cc4ccc5ccccc5c4)CC3)c2)c1. The number of likely N-dealkylation sites (tertiary alicyclic amines) is 1. The molecule has 0 saturated carbocycles. The van der Waals surface area contributed by atoms with Crippen LogP contribution in [0.1, 0.15) is 18.4 Å². The molecule has 4 aromatic rings. The molecule has 1 N–H and O–H groups in total. The third-order valence-corrected chi connectivity index (χ3v) is 6.71. The van der Waals surface area contributed by atoms with Gasteiger partial charge in [0.05, 0.1) is 7.11 Å². The van der Waals surface area contributed by atoms with E-state index in [2.05, 4.69) is 64.8 Å². The Morgan fingerprint density at radius 2 is 1.59 bits per heavy atom. The average molecular weight is 451 g/mol. The number of rotatable bonds is 6. The van der Waals surface area contributed by atoms with Crippen LogP contribution >= 0.6 is 0 Å². The number of fused-ring (bicyclic) bond motifs is 1. The summed E-state index contributed by atoms with van der Waals surface area (Å²) < 4.78 is 5.34. The minimum atomic E-state index is 0.0494. The van der Waals surface area contributed by atoms with Crippen LogP contribution in [0.15, 0.2) is 91.0 Å². The fourth-order valence-corrected chi connectivity index (χ4v) is 4.77. The molecule has 0 spiro atoms. The molecule has 1 fully saturated rings. The van der Waals surface area contributed by atoms with Crippen LogP contribution < -0.4 is 10.1 Å². The van der Waals surface area contributed by atoms with E-state index in [0.717, 1.165) is 55.0 Å². The van der Waals surface area contributed by atoms with Crippen LogP contribution in [0.3, 0.4) is 0 Å². The number of nitrogens with zero attached hydrogens (tertiary/aromatic N) is 1. The topological polar surface area (TPSA) is 41.6 Å². The minimum absolute atomic E-state index is 0.0494. The molecule has 0 atom stereocenters. The second-order valence-corrected chi connectivity index (χ2v) is 9.03. The van der Waals surface area contributed by atoms with Crippen LogP contribution in [0.5, 0.6) is 5.75 Å². The first kappa shape index (κ1) is 22.2. The maximum Gasteiger partial charge on any atom is 0.227 e. The first-order chi connectivity index (χ1) is 16.7. The molecule has 1 saturated heterocycles. The van der Waals surface area contributed by atoms with Crippen molar-refractivity contribution in [3.05, 3.63) is 96.6 Å². The largest absolute Gasteiger partial charge is 0.497 e. The predicted octanol–water partition coefficient (Wildman–Crippen LogP) is 6.37. The Morgan fingerprint density at radius 1 is 0.853 bits per heavy atom. The summed E-state index contributed by atoms with van der Waals surface area (Å²) >= 11 is 0. The van der Waals surface area contributed by atoms with Crippen LogP contribution in [-0.2, 0) is 11.3 Å². The molecule has 5 rings (SSSR count). The van der Waals surface area contributed by atoms with Crippen molar-refractivity contribution >= 4 is 22.4 Å². The fraction of sp³-hybridized carbons (Fsp3) is 0.233. The lowest BCUT2D eigenvalue weighted by molar-refractivity contribution is -0.121. The Labute approximate surface area is 201 Å². The molecule has 1 amide bonds. The molecular formula is C30H30N2O2. The second-order valence-electron chi connectivity index (χ2n) is 9.03. The number of anilines is 1. The van der Waals surface area contributed by atoms with Gasteiger partial charge in [-0.2, -0.15) is 0 Å². The van der Waals surface area contributed by atoms with Gasteiger partial charge >= 0.3 is 0 Å². The molecule has 1 heterocycles. The first-order valence-electron chi connectivity index (χ1n) is 11.9. The zero-order chi connectivity index (χ0) is 23.3. The van der Waals surface area contributed by atoms with E-state index < -0.39 is 0 Å². The molecule has 172 valence electrons. The van der Waals surface area contributed by atoms with E-state index in [9.17, 15) is 4.79 Å². The molecule has 0 radical (unpaired) electrons. The van der Waals surface area contributed by atoms with Gasteiger partial charge in [-0.05, 0) is 83.7 Å². The van der Waals surface area contributed by atoms with Crippen molar-refractivity contribution < 1.29 is 9.53 Å². The van der Waals surface area contributed by atoms with Crippen molar-refractivity contribution in [2.24, 2.45) is 5.92 Å². The summed E-state index contributed by atoms with van der Waals surface area (Å²) in [6.07, 6.45) is 1.77. The highest BCUT2D eigenvalue weighted by atomic mass is 16.5. The quantitative estimate of drug-likeness (QED) is 0.371. The Kier molecular flexibility index (Phi) is 6.59. The Morgan fingerprint density at radius 3 is 2.38 bits per heavy atom. The number of nitrogens with one attached hydrogen (secondary N) is 1. The maximum absolute atomic E-state index is 13.0. The summed E-state index contributed by atoms with van der Waals surface area (Å²) in [5.74, 6) is 0.990. The molecule has 0 unspecified atom stereocenters. The van der Waals surface area contributed by atoms with Crippen molar-refractivity contribution in [2.75, 3.05) is 25.5 Å². The van der Waals surface area contributed by atoms with E-state index in [0.29, 0.717) is 0 Å². The lowest BCUT2D eigenvalue weighted by Crippen LogP contribution is -2.37. The highest BCUT2D eigenvalue weighted by Crippen LogP contribution is 2.27. The van der Waals surface area contributed by atoms with Gasteiger partial charge in [-0.15, -0.1) is 0 Å². The summed E-state index contributed by atoms with van der Waals surface area (Å²) in [5, 5.41) is 5.70. The molecule has 0 bridgehead atoms. The lowest BCUT2D eigenvalue weighted by Gasteiger charge is -2.31. The van der Waals surface area contributed by atoms with Gasteiger partial charge in [-0.1, -0.05) is 60.7 Å². The number of hydrogen-bond acceptors (Lipinski definition) is 3. The van der Waals surface area contributed by atoms with Crippen LogP contribution in [0, 0.1) is 5.92 Å². The molecule has 4 heteroatoms. The highest BCUT2D eigenvalue weighted by Gasteiger charge is 2.25. The van der Waals surface area contributed by atoms with Crippen molar-refractivity contribution in [1.29, 1.82) is 0 Å². The summed E-state index contributed by atoms with van der Waals surface area (Å²) in [5.41, 5.74) is 4.29. The van der Waals surface area contributed by atoms with E-state index in [4.69, 9.17) is 4.74 Å². The molecular weight excluding hydrogens is 420 g/mol. The van der Waals surface area contributed by atoms with Gasteiger partial charge in [0.1, 0.15) is 5.75 Å². The number of hydrogen-bond donors (Lipinski definition) is 1. The second kappa shape index (κ2) is 10.1. The van der Waals surface area contributed by atoms with E-state index in [1.165, 1.54) is 16.3 Å². The van der Waals surface area contributed by atoms with Crippen molar-refractivity contribution in [2.45, 2.75) is 19.4 Å². The van der Waals surface area contributed by atoms with Crippen LogP contribution in [0.2, 0.25) is 0 Å². The molecule has 4 nitrogen and oxygen atoms in total. The summed E-state index contributed by atoms with van der Waals surface area (Å²) in [6.45, 7) is 2.81. The van der Waals surface area contributed by atoms with Crippen molar-refractivity contribution in [3.8, 4) is 16.9 Å². The zero-order valence-corrected chi connectivity index (χ0v) is 19.5. The molecule has 0 aliphatic carbocycles. The maximum atomic E-state index is 13.0. The Hall–Kier alpha value is -3.63. The van der Waals surface area contributed by atoms with Crippen LogP contribution in [0.4, 0.5) is 5.69 Å². The first-order valence-corrected chi connectivity index (χ1v) is 11.9. The molecule has 34 heavy (non-hydrogen) atoms. The van der Waals surface area contributed by atoms with Crippen molar-refractivity contribution in [3.63, 3.8) is 0 Å². The zero-order valence-electron chi connectivity index (χ0n) is 19.5. The van der Waals surface area contributed by atoms with Gasteiger partial charge in [0.25, 0.3) is 0 Å². The fourth-order valence-electron chi connectivity index (χ4n) is 4.77. The summed E-state index contributed by atoms with van der Waals surface area (Å²) in [6, 6.07) is 31.2. The van der Waals surface area contributed by atoms with Gasteiger partial charge in [-0.3, -0.25) is 9.69 Å². The Balaban J connectivity index is 1.17. The van der Waals surface area contributed by atoms with Gasteiger partial charge in [0.2, 0.25) is 5.91 Å². The summed E-state index contributed by atoms with van der Waals surface area (Å²) in [4.78, 5) is 15.4. The third-order valence-electron chi connectivity index (χ3n) is 6.71. The van der Waals surface area contributed by atoms with E-state index in [1.807, 2.05) is 36.4 Å². The number of carbonyl (C=O) groups is 1. The van der Waals surface area contributed by atoms with Gasteiger partial charge in [-0.25, -0.2) is 0 Å². The van der Waals surface area contributed by atoms with Crippen LogP contribution in [-0.4, -0.2) is 31.0 Å².